The Morgan fingerprint density at radius 2 is 1.78 bits per heavy atom. The molecule has 0 unspecified atom stereocenters. The van der Waals surface area contributed by atoms with E-state index in [-0.39, 0.29) is 18.7 Å². The number of fused-ring (bicyclic) bond motifs is 1. The Kier molecular flexibility index (Phi) is 5.34. The highest BCUT2D eigenvalue weighted by Crippen LogP contribution is 2.22. The van der Waals surface area contributed by atoms with Crippen LogP contribution in [0.3, 0.4) is 0 Å². The average molecular weight is 314 g/mol. The third-order valence-corrected chi connectivity index (χ3v) is 3.61. The van der Waals surface area contributed by atoms with Gasteiger partial charge in [0.05, 0.1) is 6.42 Å². The standard InChI is InChI=1S/C18H22N2O3/c1-18(2,12-17(22)23)19-11-10-16(21)20-15-9-5-7-13-6-3-4-8-14(13)15/h3-9,19H,10-12H2,1-2H3,(H,20,21)(H,22,23). The normalized spacial score (nSPS) is 11.4. The van der Waals surface area contributed by atoms with Crippen molar-refractivity contribution in [2.24, 2.45) is 0 Å². The van der Waals surface area contributed by atoms with E-state index in [1.165, 1.54) is 0 Å². The third kappa shape index (κ3) is 5.07. The Labute approximate surface area is 135 Å². The predicted molar refractivity (Wildman–Crippen MR) is 91.5 cm³/mol. The second-order valence-corrected chi connectivity index (χ2v) is 6.21. The maximum Gasteiger partial charge on any atom is 0.305 e. The first-order chi connectivity index (χ1) is 10.9. The number of amides is 1. The molecule has 0 aliphatic heterocycles. The first kappa shape index (κ1) is 17.0. The molecule has 0 bridgehead atoms. The van der Waals surface area contributed by atoms with Crippen LogP contribution in [0.4, 0.5) is 5.69 Å². The van der Waals surface area contributed by atoms with E-state index in [0.29, 0.717) is 6.54 Å². The molecule has 0 aliphatic carbocycles. The molecule has 2 aromatic carbocycles. The molecule has 0 heterocycles. The summed E-state index contributed by atoms with van der Waals surface area (Å²) in [7, 11) is 0. The van der Waals surface area contributed by atoms with Gasteiger partial charge in [0.15, 0.2) is 0 Å². The Bertz CT molecular complexity index is 705. The summed E-state index contributed by atoms with van der Waals surface area (Å²) in [6, 6.07) is 13.7. The molecule has 0 aromatic heterocycles. The quantitative estimate of drug-likeness (QED) is 0.734. The SMILES string of the molecule is CC(C)(CC(=O)O)NCCC(=O)Nc1cccc2ccccc12. The Hall–Kier alpha value is -2.40. The molecule has 0 radical (unpaired) electrons. The van der Waals surface area contributed by atoms with Gasteiger partial charge in [-0.3, -0.25) is 9.59 Å². The lowest BCUT2D eigenvalue weighted by Gasteiger charge is -2.24. The van der Waals surface area contributed by atoms with E-state index in [1.54, 1.807) is 0 Å². The van der Waals surface area contributed by atoms with Gasteiger partial charge >= 0.3 is 5.97 Å². The van der Waals surface area contributed by atoms with Crippen molar-refractivity contribution in [2.75, 3.05) is 11.9 Å². The van der Waals surface area contributed by atoms with E-state index in [1.807, 2.05) is 56.3 Å². The van der Waals surface area contributed by atoms with Crippen molar-refractivity contribution in [2.45, 2.75) is 32.2 Å². The number of carboxylic acid groups (broad SMARTS) is 1. The number of benzene rings is 2. The fourth-order valence-corrected chi connectivity index (χ4v) is 2.50. The number of carbonyl (C=O) groups is 2. The fraction of sp³-hybridized carbons (Fsp3) is 0.333. The van der Waals surface area contributed by atoms with Crippen molar-refractivity contribution >= 4 is 28.3 Å². The highest BCUT2D eigenvalue weighted by molar-refractivity contribution is 6.02. The summed E-state index contributed by atoms with van der Waals surface area (Å²) >= 11 is 0. The molecular formula is C18H22N2O3. The Morgan fingerprint density at radius 1 is 1.09 bits per heavy atom. The molecule has 2 rings (SSSR count). The lowest BCUT2D eigenvalue weighted by atomic mass is 10.0. The smallest absolute Gasteiger partial charge is 0.305 e. The molecule has 0 saturated carbocycles. The molecule has 0 aliphatic rings. The zero-order valence-electron chi connectivity index (χ0n) is 13.4. The van der Waals surface area contributed by atoms with Gasteiger partial charge in [0.1, 0.15) is 0 Å². The summed E-state index contributed by atoms with van der Waals surface area (Å²) in [4.78, 5) is 22.9. The lowest BCUT2D eigenvalue weighted by Crippen LogP contribution is -2.42. The Morgan fingerprint density at radius 3 is 2.52 bits per heavy atom. The molecule has 5 nitrogen and oxygen atoms in total. The zero-order valence-corrected chi connectivity index (χ0v) is 13.4. The van der Waals surface area contributed by atoms with Crippen LogP contribution in [0.15, 0.2) is 42.5 Å². The van der Waals surface area contributed by atoms with Crippen LogP contribution in [0.5, 0.6) is 0 Å². The molecule has 1 amide bonds. The van der Waals surface area contributed by atoms with Crippen LogP contribution in [-0.4, -0.2) is 29.1 Å². The highest BCUT2D eigenvalue weighted by Gasteiger charge is 2.20. The summed E-state index contributed by atoms with van der Waals surface area (Å²) in [6.45, 7) is 4.05. The minimum absolute atomic E-state index is 0.0118. The molecule has 23 heavy (non-hydrogen) atoms. The molecule has 0 fully saturated rings. The maximum absolute atomic E-state index is 12.1. The van der Waals surface area contributed by atoms with Crippen molar-refractivity contribution in [1.29, 1.82) is 0 Å². The third-order valence-electron chi connectivity index (χ3n) is 3.61. The van der Waals surface area contributed by atoms with Crippen molar-refractivity contribution < 1.29 is 14.7 Å². The van der Waals surface area contributed by atoms with Crippen molar-refractivity contribution in [1.82, 2.24) is 5.32 Å². The summed E-state index contributed by atoms with van der Waals surface area (Å²) < 4.78 is 0. The number of aliphatic carboxylic acids is 1. The minimum atomic E-state index is -0.859. The van der Waals surface area contributed by atoms with Gasteiger partial charge < -0.3 is 15.7 Å². The van der Waals surface area contributed by atoms with Crippen LogP contribution in [0, 0.1) is 0 Å². The average Bonchev–Trinajstić information content (AvgIpc) is 2.46. The number of carboxylic acids is 1. The fourth-order valence-electron chi connectivity index (χ4n) is 2.50. The lowest BCUT2D eigenvalue weighted by molar-refractivity contribution is -0.138. The highest BCUT2D eigenvalue weighted by atomic mass is 16.4. The van der Waals surface area contributed by atoms with Crippen LogP contribution in [0.25, 0.3) is 10.8 Å². The van der Waals surface area contributed by atoms with Crippen molar-refractivity contribution in [3.05, 3.63) is 42.5 Å². The second-order valence-electron chi connectivity index (χ2n) is 6.21. The molecule has 0 saturated heterocycles. The number of hydrogen-bond acceptors (Lipinski definition) is 3. The largest absolute Gasteiger partial charge is 0.481 e. The van der Waals surface area contributed by atoms with E-state index in [0.717, 1.165) is 16.5 Å². The molecule has 3 N–H and O–H groups in total. The van der Waals surface area contributed by atoms with Gasteiger partial charge in [-0.25, -0.2) is 0 Å². The van der Waals surface area contributed by atoms with Crippen LogP contribution < -0.4 is 10.6 Å². The van der Waals surface area contributed by atoms with Gasteiger partial charge in [-0.1, -0.05) is 36.4 Å². The number of hydrogen-bond donors (Lipinski definition) is 3. The van der Waals surface area contributed by atoms with Gasteiger partial charge in [0, 0.05) is 29.6 Å². The first-order valence-electron chi connectivity index (χ1n) is 7.62. The summed E-state index contributed by atoms with van der Waals surface area (Å²) in [5, 5.41) is 16.9. The van der Waals surface area contributed by atoms with Gasteiger partial charge in [-0.05, 0) is 25.3 Å². The summed E-state index contributed by atoms with van der Waals surface area (Å²) in [5.41, 5.74) is 0.254. The second kappa shape index (κ2) is 7.24. The molecule has 5 heteroatoms. The van der Waals surface area contributed by atoms with E-state index < -0.39 is 11.5 Å². The van der Waals surface area contributed by atoms with E-state index in [9.17, 15) is 9.59 Å². The molecule has 2 aromatic rings. The van der Waals surface area contributed by atoms with E-state index in [2.05, 4.69) is 10.6 Å². The van der Waals surface area contributed by atoms with Crippen molar-refractivity contribution in [3.63, 3.8) is 0 Å². The van der Waals surface area contributed by atoms with Crippen LogP contribution in [0.1, 0.15) is 26.7 Å². The van der Waals surface area contributed by atoms with Gasteiger partial charge in [0.25, 0.3) is 0 Å². The number of rotatable bonds is 7. The Balaban J connectivity index is 1.91. The predicted octanol–water partition coefficient (Wildman–Crippen LogP) is 3.01. The van der Waals surface area contributed by atoms with Gasteiger partial charge in [0.2, 0.25) is 5.91 Å². The van der Waals surface area contributed by atoms with E-state index >= 15 is 0 Å². The number of anilines is 1. The van der Waals surface area contributed by atoms with Crippen LogP contribution >= 0.6 is 0 Å². The molecule has 0 atom stereocenters. The van der Waals surface area contributed by atoms with Gasteiger partial charge in [-0.2, -0.15) is 0 Å². The summed E-state index contributed by atoms with van der Waals surface area (Å²) in [5.74, 6) is -0.956. The molecular weight excluding hydrogens is 292 g/mol. The van der Waals surface area contributed by atoms with E-state index in [4.69, 9.17) is 5.11 Å². The van der Waals surface area contributed by atoms with Crippen LogP contribution in [0.2, 0.25) is 0 Å². The minimum Gasteiger partial charge on any atom is -0.481 e. The topological polar surface area (TPSA) is 78.4 Å². The summed E-state index contributed by atoms with van der Waals surface area (Å²) in [6.07, 6.45) is 0.296. The zero-order chi connectivity index (χ0) is 16.9. The maximum atomic E-state index is 12.1. The monoisotopic (exact) mass is 314 g/mol. The van der Waals surface area contributed by atoms with Crippen LogP contribution in [-0.2, 0) is 9.59 Å². The van der Waals surface area contributed by atoms with Crippen molar-refractivity contribution in [3.8, 4) is 0 Å². The number of nitrogens with one attached hydrogen (secondary N) is 2. The molecule has 0 spiro atoms. The van der Waals surface area contributed by atoms with Gasteiger partial charge in [-0.15, -0.1) is 0 Å². The molecule has 122 valence electrons. The number of carbonyl (C=O) groups excluding carboxylic acids is 1. The first-order valence-corrected chi connectivity index (χ1v) is 7.62.